The first kappa shape index (κ1) is 10.4. The lowest BCUT2D eigenvalue weighted by atomic mass is 9.97. The fourth-order valence-electron chi connectivity index (χ4n) is 2.85. The van der Waals surface area contributed by atoms with Gasteiger partial charge in [0.1, 0.15) is 0 Å². The molecule has 0 saturated carbocycles. The van der Waals surface area contributed by atoms with Crippen molar-refractivity contribution in [3.05, 3.63) is 40.4 Å². The van der Waals surface area contributed by atoms with Crippen LogP contribution in [0.2, 0.25) is 5.02 Å². The highest BCUT2D eigenvalue weighted by atomic mass is 35.5. The van der Waals surface area contributed by atoms with Crippen molar-refractivity contribution in [1.29, 1.82) is 0 Å². The van der Waals surface area contributed by atoms with Crippen LogP contribution in [0.25, 0.3) is 6.08 Å². The molecule has 2 heteroatoms. The topological polar surface area (TPSA) is 12.0 Å². The molecule has 1 aromatic carbocycles. The van der Waals surface area contributed by atoms with Gasteiger partial charge in [0.15, 0.2) is 0 Å². The predicted molar refractivity (Wildman–Crippen MR) is 68.6 cm³/mol. The Bertz CT molecular complexity index is 393. The third kappa shape index (κ3) is 2.16. The molecule has 3 rings (SSSR count). The summed E-state index contributed by atoms with van der Waals surface area (Å²) in [7, 11) is 0. The summed E-state index contributed by atoms with van der Waals surface area (Å²) in [4.78, 5) is 0. The van der Waals surface area contributed by atoms with E-state index in [9.17, 15) is 0 Å². The van der Waals surface area contributed by atoms with E-state index < -0.39 is 0 Å². The smallest absolute Gasteiger partial charge is 0.0406 e. The van der Waals surface area contributed by atoms with E-state index >= 15 is 0 Å². The summed E-state index contributed by atoms with van der Waals surface area (Å²) in [5, 5.41) is 4.47. The number of halogens is 1. The van der Waals surface area contributed by atoms with Crippen LogP contribution in [-0.4, -0.2) is 12.1 Å². The number of benzene rings is 1. The molecule has 16 heavy (non-hydrogen) atoms. The molecule has 2 fully saturated rings. The molecule has 0 spiro atoms. The molecule has 1 aromatic rings. The predicted octanol–water partition coefficient (Wildman–Crippen LogP) is 3.64. The van der Waals surface area contributed by atoms with E-state index in [1.807, 2.05) is 12.1 Å². The van der Waals surface area contributed by atoms with Gasteiger partial charge in [-0.2, -0.15) is 0 Å². The molecule has 0 amide bonds. The summed E-state index contributed by atoms with van der Waals surface area (Å²) in [5.74, 6) is 0. The van der Waals surface area contributed by atoms with Crippen LogP contribution in [0.15, 0.2) is 29.8 Å². The molecule has 2 heterocycles. The maximum atomic E-state index is 5.88. The molecule has 2 atom stereocenters. The zero-order valence-corrected chi connectivity index (χ0v) is 10.0. The van der Waals surface area contributed by atoms with Crippen molar-refractivity contribution in [1.82, 2.24) is 5.32 Å². The molecule has 84 valence electrons. The van der Waals surface area contributed by atoms with Gasteiger partial charge < -0.3 is 5.32 Å². The van der Waals surface area contributed by atoms with E-state index in [1.54, 1.807) is 5.57 Å². The summed E-state index contributed by atoms with van der Waals surface area (Å²) in [6.45, 7) is 0. The van der Waals surface area contributed by atoms with Crippen LogP contribution in [0.1, 0.15) is 31.2 Å². The molecule has 2 bridgehead atoms. The molecule has 0 aliphatic carbocycles. The Morgan fingerprint density at radius 1 is 1.06 bits per heavy atom. The Balaban J connectivity index is 1.79. The van der Waals surface area contributed by atoms with Crippen LogP contribution in [0.5, 0.6) is 0 Å². The number of hydrogen-bond acceptors (Lipinski definition) is 1. The van der Waals surface area contributed by atoms with Gasteiger partial charge in [0.25, 0.3) is 0 Å². The van der Waals surface area contributed by atoms with Crippen LogP contribution < -0.4 is 5.32 Å². The highest BCUT2D eigenvalue weighted by Crippen LogP contribution is 2.31. The molecule has 0 aromatic heterocycles. The van der Waals surface area contributed by atoms with Crippen molar-refractivity contribution in [3.8, 4) is 0 Å². The fraction of sp³-hybridized carbons (Fsp3) is 0.429. The normalized spacial score (nSPS) is 28.2. The molecule has 2 unspecified atom stereocenters. The summed E-state index contributed by atoms with van der Waals surface area (Å²) in [6.07, 6.45) is 7.48. The van der Waals surface area contributed by atoms with Gasteiger partial charge in [-0.3, -0.25) is 0 Å². The van der Waals surface area contributed by atoms with Crippen molar-refractivity contribution in [3.63, 3.8) is 0 Å². The first-order valence-corrected chi connectivity index (χ1v) is 6.38. The second-order valence-electron chi connectivity index (χ2n) is 4.90. The molecular weight excluding hydrogens is 218 g/mol. The van der Waals surface area contributed by atoms with Crippen LogP contribution >= 0.6 is 11.6 Å². The summed E-state index contributed by atoms with van der Waals surface area (Å²) < 4.78 is 0. The average molecular weight is 234 g/mol. The fourth-order valence-corrected chi connectivity index (χ4v) is 2.98. The summed E-state index contributed by atoms with van der Waals surface area (Å²) in [6, 6.07) is 9.58. The standard InChI is InChI=1S/C14H16ClN/c15-12-3-1-10(2-4-12)7-11-8-13-5-6-14(9-11)16-13/h1-4,7,13-14,16H,5-6,8-9H2. The van der Waals surface area contributed by atoms with Gasteiger partial charge in [0, 0.05) is 17.1 Å². The number of rotatable bonds is 1. The highest BCUT2D eigenvalue weighted by molar-refractivity contribution is 6.30. The van der Waals surface area contributed by atoms with Gasteiger partial charge in [0.2, 0.25) is 0 Å². The Morgan fingerprint density at radius 3 is 2.31 bits per heavy atom. The van der Waals surface area contributed by atoms with Gasteiger partial charge in [-0.25, -0.2) is 0 Å². The van der Waals surface area contributed by atoms with Gasteiger partial charge >= 0.3 is 0 Å². The first-order valence-electron chi connectivity index (χ1n) is 6.01. The largest absolute Gasteiger partial charge is 0.311 e. The quantitative estimate of drug-likeness (QED) is 0.781. The van der Waals surface area contributed by atoms with Crippen molar-refractivity contribution in [2.45, 2.75) is 37.8 Å². The lowest BCUT2D eigenvalue weighted by molar-refractivity contribution is 0.476. The number of piperidine rings is 1. The number of fused-ring (bicyclic) bond motifs is 2. The minimum atomic E-state index is 0.734. The summed E-state index contributed by atoms with van der Waals surface area (Å²) >= 11 is 5.88. The Hall–Kier alpha value is -0.790. The van der Waals surface area contributed by atoms with E-state index in [4.69, 9.17) is 11.6 Å². The van der Waals surface area contributed by atoms with Gasteiger partial charge in [0.05, 0.1) is 0 Å². The lowest BCUT2D eigenvalue weighted by Gasteiger charge is -2.23. The number of hydrogen-bond donors (Lipinski definition) is 1. The van der Waals surface area contributed by atoms with Crippen LogP contribution in [0.4, 0.5) is 0 Å². The molecule has 0 radical (unpaired) electrons. The Labute approximate surface area is 102 Å². The van der Waals surface area contributed by atoms with Crippen LogP contribution in [-0.2, 0) is 0 Å². The van der Waals surface area contributed by atoms with E-state index in [2.05, 4.69) is 23.5 Å². The maximum absolute atomic E-state index is 5.88. The molecule has 2 aliphatic heterocycles. The highest BCUT2D eigenvalue weighted by Gasteiger charge is 2.29. The minimum Gasteiger partial charge on any atom is -0.311 e. The maximum Gasteiger partial charge on any atom is 0.0406 e. The Kier molecular flexibility index (Phi) is 2.74. The third-order valence-electron chi connectivity index (χ3n) is 3.59. The third-order valence-corrected chi connectivity index (χ3v) is 3.84. The first-order chi connectivity index (χ1) is 7.79. The van der Waals surface area contributed by atoms with Crippen LogP contribution in [0.3, 0.4) is 0 Å². The molecule has 2 aliphatic rings. The van der Waals surface area contributed by atoms with Gasteiger partial charge in [-0.1, -0.05) is 35.4 Å². The van der Waals surface area contributed by atoms with Gasteiger partial charge in [-0.15, -0.1) is 0 Å². The molecular formula is C14H16ClN. The van der Waals surface area contributed by atoms with E-state index in [1.165, 1.54) is 31.2 Å². The second-order valence-corrected chi connectivity index (χ2v) is 5.34. The molecule has 1 N–H and O–H groups in total. The average Bonchev–Trinajstić information content (AvgIpc) is 2.62. The van der Waals surface area contributed by atoms with Gasteiger partial charge in [-0.05, 0) is 43.4 Å². The molecule has 1 nitrogen and oxygen atoms in total. The summed E-state index contributed by atoms with van der Waals surface area (Å²) in [5.41, 5.74) is 2.87. The zero-order valence-electron chi connectivity index (χ0n) is 9.25. The van der Waals surface area contributed by atoms with Crippen LogP contribution in [0, 0.1) is 0 Å². The van der Waals surface area contributed by atoms with E-state index in [0.29, 0.717) is 0 Å². The minimum absolute atomic E-state index is 0.734. The van der Waals surface area contributed by atoms with Crippen molar-refractivity contribution in [2.24, 2.45) is 0 Å². The Morgan fingerprint density at radius 2 is 1.69 bits per heavy atom. The molecule has 2 saturated heterocycles. The van der Waals surface area contributed by atoms with Crippen molar-refractivity contribution in [2.75, 3.05) is 0 Å². The van der Waals surface area contributed by atoms with Crippen molar-refractivity contribution < 1.29 is 0 Å². The second kappa shape index (κ2) is 4.23. The number of nitrogens with one attached hydrogen (secondary N) is 1. The monoisotopic (exact) mass is 233 g/mol. The van der Waals surface area contributed by atoms with E-state index in [-0.39, 0.29) is 0 Å². The SMILES string of the molecule is Clc1ccc(C=C2CC3CCC(C2)N3)cc1. The lowest BCUT2D eigenvalue weighted by Crippen LogP contribution is -2.34. The van der Waals surface area contributed by atoms with Crippen molar-refractivity contribution >= 4 is 17.7 Å². The van der Waals surface area contributed by atoms with E-state index in [0.717, 1.165) is 17.1 Å². The zero-order chi connectivity index (χ0) is 11.0.